The van der Waals surface area contributed by atoms with Gasteiger partial charge in [-0.25, -0.2) is 4.98 Å². The largest absolute Gasteiger partial charge is 0.392 e. The molecular weight excluding hydrogens is 240 g/mol. The Bertz CT molecular complexity index is 373. The summed E-state index contributed by atoms with van der Waals surface area (Å²) in [4.78, 5) is 12.4. The van der Waals surface area contributed by atoms with Crippen LogP contribution in [0.1, 0.15) is 31.5 Å². The van der Waals surface area contributed by atoms with Gasteiger partial charge in [-0.15, -0.1) is 0 Å². The number of rotatable bonds is 3. The van der Waals surface area contributed by atoms with Crippen molar-refractivity contribution in [3.63, 3.8) is 0 Å². The first kappa shape index (κ1) is 13.1. The van der Waals surface area contributed by atoms with Crippen LogP contribution in [0.25, 0.3) is 0 Å². The van der Waals surface area contributed by atoms with Crippen molar-refractivity contribution in [3.05, 3.63) is 18.2 Å². The van der Waals surface area contributed by atoms with Gasteiger partial charge in [0.15, 0.2) is 0 Å². The fraction of sp³-hybridized carbons (Fsp3) is 0.786. The minimum absolute atomic E-state index is 0.102. The normalized spacial score (nSPS) is 27.7. The van der Waals surface area contributed by atoms with Crippen LogP contribution in [0.2, 0.25) is 0 Å². The minimum Gasteiger partial charge on any atom is -0.392 e. The number of aliphatic hydroxyl groups is 1. The van der Waals surface area contributed by atoms with Crippen LogP contribution < -0.4 is 0 Å². The number of imidazole rings is 1. The molecule has 0 bridgehead atoms. The molecule has 0 amide bonds. The maximum absolute atomic E-state index is 9.77. The van der Waals surface area contributed by atoms with Gasteiger partial charge in [0.25, 0.3) is 0 Å². The Hall–Kier alpha value is -0.910. The number of aromatic amines is 1. The van der Waals surface area contributed by atoms with Crippen molar-refractivity contribution < 1.29 is 5.11 Å². The summed E-state index contributed by atoms with van der Waals surface area (Å²) in [6.07, 6.45) is 8.16. The fourth-order valence-corrected chi connectivity index (χ4v) is 3.35. The van der Waals surface area contributed by atoms with Crippen LogP contribution in [0.15, 0.2) is 12.4 Å². The summed E-state index contributed by atoms with van der Waals surface area (Å²) in [6.45, 7) is 5.25. The monoisotopic (exact) mass is 264 g/mol. The molecule has 0 aliphatic carbocycles. The molecule has 1 aromatic heterocycles. The van der Waals surface area contributed by atoms with Gasteiger partial charge >= 0.3 is 0 Å². The number of hydrogen-bond donors (Lipinski definition) is 2. The van der Waals surface area contributed by atoms with E-state index >= 15 is 0 Å². The summed E-state index contributed by atoms with van der Waals surface area (Å²) in [6, 6.07) is 0.669. The van der Waals surface area contributed by atoms with Crippen LogP contribution in [0.3, 0.4) is 0 Å². The van der Waals surface area contributed by atoms with E-state index in [1.807, 2.05) is 12.4 Å². The number of hydrogen-bond acceptors (Lipinski definition) is 4. The number of likely N-dealkylation sites (tertiary alicyclic amines) is 2. The van der Waals surface area contributed by atoms with Crippen molar-refractivity contribution in [1.82, 2.24) is 19.8 Å². The molecule has 2 saturated heterocycles. The molecule has 5 heteroatoms. The second-order valence-corrected chi connectivity index (χ2v) is 5.83. The lowest BCUT2D eigenvalue weighted by atomic mass is 9.99. The first-order chi connectivity index (χ1) is 9.31. The van der Waals surface area contributed by atoms with E-state index in [0.717, 1.165) is 44.8 Å². The number of H-pyrrole nitrogens is 1. The summed E-state index contributed by atoms with van der Waals surface area (Å²) < 4.78 is 0. The van der Waals surface area contributed by atoms with E-state index in [2.05, 4.69) is 19.8 Å². The van der Waals surface area contributed by atoms with Gasteiger partial charge in [0.05, 0.1) is 12.6 Å². The molecule has 19 heavy (non-hydrogen) atoms. The van der Waals surface area contributed by atoms with E-state index in [4.69, 9.17) is 0 Å². The SMILES string of the molecule is O[C@@H]1CCCN(C2CCN(Cc3ncc[nH]3)CC2)C1. The van der Waals surface area contributed by atoms with Crippen molar-refractivity contribution in [3.8, 4) is 0 Å². The number of piperidine rings is 2. The Kier molecular flexibility index (Phi) is 4.15. The highest BCUT2D eigenvalue weighted by Gasteiger charge is 2.28. The maximum Gasteiger partial charge on any atom is 0.120 e. The van der Waals surface area contributed by atoms with Crippen molar-refractivity contribution in [2.75, 3.05) is 26.2 Å². The predicted octanol–water partition coefficient (Wildman–Crippen LogP) is 0.831. The average molecular weight is 264 g/mol. The van der Waals surface area contributed by atoms with Crippen LogP contribution in [0.5, 0.6) is 0 Å². The molecule has 106 valence electrons. The zero-order valence-corrected chi connectivity index (χ0v) is 11.5. The molecule has 2 aliphatic heterocycles. The third-order valence-corrected chi connectivity index (χ3v) is 4.43. The molecule has 0 spiro atoms. The minimum atomic E-state index is -0.102. The van der Waals surface area contributed by atoms with Crippen LogP contribution in [0.4, 0.5) is 0 Å². The van der Waals surface area contributed by atoms with E-state index < -0.39 is 0 Å². The molecular formula is C14H24N4O. The Balaban J connectivity index is 1.46. The average Bonchev–Trinajstić information content (AvgIpc) is 2.92. The standard InChI is InChI=1S/C14H24N4O/c19-13-2-1-7-18(10-13)12-3-8-17(9-4-12)11-14-15-5-6-16-14/h5-6,12-13,19H,1-4,7-11H2,(H,15,16)/t13-/m1/s1. The number of nitrogens with one attached hydrogen (secondary N) is 1. The van der Waals surface area contributed by atoms with Gasteiger partial charge in [-0.05, 0) is 32.2 Å². The molecule has 0 saturated carbocycles. The lowest BCUT2D eigenvalue weighted by molar-refractivity contribution is 0.0241. The molecule has 3 heterocycles. The molecule has 0 radical (unpaired) electrons. The Morgan fingerprint density at radius 1 is 1.26 bits per heavy atom. The van der Waals surface area contributed by atoms with Crippen LogP contribution in [0, 0.1) is 0 Å². The zero-order valence-electron chi connectivity index (χ0n) is 11.5. The quantitative estimate of drug-likeness (QED) is 0.849. The van der Waals surface area contributed by atoms with Crippen molar-refractivity contribution in [2.45, 2.75) is 44.4 Å². The molecule has 2 fully saturated rings. The summed E-state index contributed by atoms with van der Waals surface area (Å²) in [7, 11) is 0. The third-order valence-electron chi connectivity index (χ3n) is 4.43. The highest BCUT2D eigenvalue weighted by atomic mass is 16.3. The van der Waals surface area contributed by atoms with Gasteiger partial charge < -0.3 is 10.1 Å². The molecule has 2 aliphatic rings. The summed E-state index contributed by atoms with van der Waals surface area (Å²) in [5, 5.41) is 9.77. The van der Waals surface area contributed by atoms with Crippen molar-refractivity contribution >= 4 is 0 Å². The smallest absolute Gasteiger partial charge is 0.120 e. The fourth-order valence-electron chi connectivity index (χ4n) is 3.35. The lowest BCUT2D eigenvalue weighted by Crippen LogP contribution is -2.49. The lowest BCUT2D eigenvalue weighted by Gasteiger charge is -2.41. The van der Waals surface area contributed by atoms with Gasteiger partial charge in [0, 0.05) is 38.1 Å². The van der Waals surface area contributed by atoms with Crippen molar-refractivity contribution in [1.29, 1.82) is 0 Å². The van der Waals surface area contributed by atoms with E-state index in [0.29, 0.717) is 6.04 Å². The number of nitrogens with zero attached hydrogens (tertiary/aromatic N) is 3. The zero-order chi connectivity index (χ0) is 13.1. The molecule has 0 aromatic carbocycles. The van der Waals surface area contributed by atoms with E-state index in [1.165, 1.54) is 19.4 Å². The predicted molar refractivity (Wildman–Crippen MR) is 73.7 cm³/mol. The second kappa shape index (κ2) is 6.03. The van der Waals surface area contributed by atoms with Crippen molar-refractivity contribution in [2.24, 2.45) is 0 Å². The van der Waals surface area contributed by atoms with Gasteiger partial charge in [0.1, 0.15) is 5.82 Å². The topological polar surface area (TPSA) is 55.4 Å². The van der Waals surface area contributed by atoms with Gasteiger partial charge in [-0.3, -0.25) is 9.80 Å². The summed E-state index contributed by atoms with van der Waals surface area (Å²) in [5.74, 6) is 1.06. The van der Waals surface area contributed by atoms with Crippen LogP contribution in [-0.4, -0.2) is 63.2 Å². The number of aromatic nitrogens is 2. The third kappa shape index (κ3) is 3.35. The van der Waals surface area contributed by atoms with Crippen LogP contribution >= 0.6 is 0 Å². The second-order valence-electron chi connectivity index (χ2n) is 5.83. The van der Waals surface area contributed by atoms with Crippen LogP contribution in [-0.2, 0) is 6.54 Å². The molecule has 0 unspecified atom stereocenters. The number of aliphatic hydroxyl groups excluding tert-OH is 1. The molecule has 1 atom stereocenters. The molecule has 2 N–H and O–H groups in total. The Morgan fingerprint density at radius 2 is 2.11 bits per heavy atom. The van der Waals surface area contributed by atoms with Gasteiger partial charge in [-0.1, -0.05) is 0 Å². The van der Waals surface area contributed by atoms with Gasteiger partial charge in [0.2, 0.25) is 0 Å². The van der Waals surface area contributed by atoms with E-state index in [1.54, 1.807) is 0 Å². The molecule has 5 nitrogen and oxygen atoms in total. The summed E-state index contributed by atoms with van der Waals surface area (Å²) in [5.41, 5.74) is 0. The highest BCUT2D eigenvalue weighted by molar-refractivity contribution is 4.89. The maximum atomic E-state index is 9.77. The first-order valence-corrected chi connectivity index (χ1v) is 7.44. The summed E-state index contributed by atoms with van der Waals surface area (Å²) >= 11 is 0. The Labute approximate surface area is 114 Å². The number of β-amino-alcohol motifs (C(OH)–C–C–N with tert-alkyl or cyclic N) is 1. The van der Waals surface area contributed by atoms with E-state index in [9.17, 15) is 5.11 Å². The van der Waals surface area contributed by atoms with E-state index in [-0.39, 0.29) is 6.10 Å². The van der Waals surface area contributed by atoms with Gasteiger partial charge in [-0.2, -0.15) is 0 Å². The first-order valence-electron chi connectivity index (χ1n) is 7.44. The highest BCUT2D eigenvalue weighted by Crippen LogP contribution is 2.21. The molecule has 1 aromatic rings. The Morgan fingerprint density at radius 3 is 2.79 bits per heavy atom. The molecule has 3 rings (SSSR count).